The summed E-state index contributed by atoms with van der Waals surface area (Å²) >= 11 is 5.06. The molecule has 0 aromatic carbocycles. The number of nitrogens with one attached hydrogen (secondary N) is 2. The number of hydrogen-bond donors (Lipinski definition) is 2. The molecule has 0 bridgehead atoms. The lowest BCUT2D eigenvalue weighted by molar-refractivity contribution is 1.01. The Bertz CT molecular complexity index is 316. The molecule has 5 nitrogen and oxygen atoms in total. The van der Waals surface area contributed by atoms with E-state index in [0.29, 0.717) is 10.9 Å². The Hall–Kier alpha value is -1.30. The molecule has 0 amide bonds. The number of hydrogen-bond acceptors (Lipinski definition) is 4. The third kappa shape index (κ3) is 1.00. The van der Waals surface area contributed by atoms with Gasteiger partial charge >= 0.3 is 0 Å². The van der Waals surface area contributed by atoms with Crippen LogP contribution in [0.1, 0.15) is 0 Å². The van der Waals surface area contributed by atoms with Crippen LogP contribution < -0.4 is 10.6 Å². The van der Waals surface area contributed by atoms with Crippen molar-refractivity contribution in [3.63, 3.8) is 0 Å². The first-order chi connectivity index (χ1) is 5.81. The van der Waals surface area contributed by atoms with Crippen LogP contribution in [0.15, 0.2) is 15.0 Å². The number of aliphatic imine (C=N–C) groups is 3. The van der Waals surface area contributed by atoms with E-state index in [-0.39, 0.29) is 6.04 Å². The maximum absolute atomic E-state index is 5.06. The van der Waals surface area contributed by atoms with Gasteiger partial charge in [-0.1, -0.05) is 12.2 Å². The Morgan fingerprint density at radius 2 is 2.42 bits per heavy atom. The third-order valence-electron chi connectivity index (χ3n) is 1.63. The van der Waals surface area contributed by atoms with Crippen LogP contribution in [0.2, 0.25) is 0 Å². The summed E-state index contributed by atoms with van der Waals surface area (Å²) in [5, 5.41) is 5.89. The van der Waals surface area contributed by atoms with Gasteiger partial charge in [0.15, 0.2) is 6.04 Å². The largest absolute Gasteiger partial charge is 0.318 e. The first-order valence-corrected chi connectivity index (χ1v) is 3.86. The van der Waals surface area contributed by atoms with Gasteiger partial charge in [0.05, 0.1) is 0 Å². The molecule has 1 fully saturated rings. The second-order valence-electron chi connectivity index (χ2n) is 2.37. The minimum atomic E-state index is -0.134. The fourth-order valence-corrected chi connectivity index (χ4v) is 1.31. The quantitative estimate of drug-likeness (QED) is 0.486. The summed E-state index contributed by atoms with van der Waals surface area (Å²) in [7, 11) is 1.68. The van der Waals surface area contributed by atoms with Crippen molar-refractivity contribution in [3.8, 4) is 0 Å². The number of nitrogens with zero attached hydrogens (tertiary/aromatic N) is 3. The fraction of sp³-hybridized carbons (Fsp3) is 0.333. The molecule has 12 heavy (non-hydrogen) atoms. The molecule has 0 aromatic rings. The van der Waals surface area contributed by atoms with Crippen LogP contribution >= 0.6 is 12.2 Å². The van der Waals surface area contributed by atoms with Crippen LogP contribution in [0, 0.1) is 0 Å². The highest BCUT2D eigenvalue weighted by molar-refractivity contribution is 7.80. The molecule has 0 saturated carbocycles. The second-order valence-corrected chi connectivity index (χ2v) is 2.81. The van der Waals surface area contributed by atoms with E-state index < -0.39 is 0 Å². The zero-order valence-electron chi connectivity index (χ0n) is 6.40. The molecule has 2 N–H and O–H groups in total. The maximum atomic E-state index is 5.06. The summed E-state index contributed by atoms with van der Waals surface area (Å²) in [5.74, 6) is 1.37. The van der Waals surface area contributed by atoms with Crippen LogP contribution in [0.4, 0.5) is 0 Å². The van der Waals surface area contributed by atoms with Crippen LogP contribution in [0.3, 0.4) is 0 Å². The monoisotopic (exact) mass is 181 g/mol. The predicted molar refractivity (Wildman–Crippen MR) is 51.9 cm³/mol. The second kappa shape index (κ2) is 2.63. The van der Waals surface area contributed by atoms with Crippen LogP contribution in [0.25, 0.3) is 0 Å². The Morgan fingerprint density at radius 1 is 1.58 bits per heavy atom. The van der Waals surface area contributed by atoms with E-state index in [2.05, 4.69) is 25.6 Å². The van der Waals surface area contributed by atoms with E-state index in [1.807, 2.05) is 0 Å². The van der Waals surface area contributed by atoms with E-state index in [9.17, 15) is 0 Å². The number of thiocarbonyl (C=S) groups is 1. The van der Waals surface area contributed by atoms with Crippen molar-refractivity contribution >= 4 is 35.3 Å². The lowest BCUT2D eigenvalue weighted by Gasteiger charge is -2.22. The van der Waals surface area contributed by atoms with Gasteiger partial charge in [0.2, 0.25) is 5.96 Å². The molecule has 0 aliphatic carbocycles. The standard InChI is InChI=1S/C6H7N5S/c1-7-6-10-4-3(5(12)11-6)8-2-9-4/h2-3H,1H3,(H2,7,8,9,10,11,12). The summed E-state index contributed by atoms with van der Waals surface area (Å²) < 4.78 is 0. The summed E-state index contributed by atoms with van der Waals surface area (Å²) in [6, 6.07) is -0.134. The Balaban J connectivity index is 2.28. The number of guanidine groups is 1. The SMILES string of the molecule is CN=C1NC(=S)C2N=CN=C2N1. The van der Waals surface area contributed by atoms with Gasteiger partial charge in [-0.3, -0.25) is 9.98 Å². The first-order valence-electron chi connectivity index (χ1n) is 3.45. The summed E-state index contributed by atoms with van der Waals surface area (Å²) in [5.41, 5.74) is 0. The lowest BCUT2D eigenvalue weighted by atomic mass is 10.2. The summed E-state index contributed by atoms with van der Waals surface area (Å²) in [6.07, 6.45) is 1.50. The molecule has 0 spiro atoms. The van der Waals surface area contributed by atoms with Gasteiger partial charge in [-0.15, -0.1) is 0 Å². The lowest BCUT2D eigenvalue weighted by Crippen LogP contribution is -2.57. The molecule has 0 radical (unpaired) electrons. The topological polar surface area (TPSA) is 61.1 Å². The summed E-state index contributed by atoms with van der Waals surface area (Å²) in [6.45, 7) is 0. The van der Waals surface area contributed by atoms with Crippen molar-refractivity contribution in [3.05, 3.63) is 0 Å². The van der Waals surface area contributed by atoms with Crippen molar-refractivity contribution in [1.29, 1.82) is 0 Å². The van der Waals surface area contributed by atoms with Gasteiger partial charge in [-0.2, -0.15) is 0 Å². The summed E-state index contributed by atoms with van der Waals surface area (Å²) in [4.78, 5) is 12.6. The molecule has 62 valence electrons. The van der Waals surface area contributed by atoms with Crippen molar-refractivity contribution in [2.75, 3.05) is 7.05 Å². The Labute approximate surface area is 74.7 Å². The highest BCUT2D eigenvalue weighted by atomic mass is 32.1. The van der Waals surface area contributed by atoms with Crippen molar-refractivity contribution < 1.29 is 0 Å². The van der Waals surface area contributed by atoms with Gasteiger partial charge in [0.25, 0.3) is 0 Å². The highest BCUT2D eigenvalue weighted by Crippen LogP contribution is 2.04. The molecule has 0 aromatic heterocycles. The van der Waals surface area contributed by atoms with Crippen molar-refractivity contribution in [2.45, 2.75) is 6.04 Å². The fourth-order valence-electron chi connectivity index (χ4n) is 1.05. The van der Waals surface area contributed by atoms with Crippen molar-refractivity contribution in [2.24, 2.45) is 15.0 Å². The normalized spacial score (nSPS) is 29.4. The van der Waals surface area contributed by atoms with E-state index in [1.165, 1.54) is 6.34 Å². The molecule has 1 unspecified atom stereocenters. The van der Waals surface area contributed by atoms with E-state index in [4.69, 9.17) is 12.2 Å². The highest BCUT2D eigenvalue weighted by Gasteiger charge is 2.29. The minimum absolute atomic E-state index is 0.134. The Kier molecular flexibility index (Phi) is 1.61. The van der Waals surface area contributed by atoms with E-state index in [1.54, 1.807) is 7.05 Å². The molecule has 2 rings (SSSR count). The van der Waals surface area contributed by atoms with E-state index in [0.717, 1.165) is 5.84 Å². The van der Waals surface area contributed by atoms with Gasteiger partial charge in [0.1, 0.15) is 17.2 Å². The average molecular weight is 181 g/mol. The number of fused-ring (bicyclic) bond motifs is 1. The number of amidine groups is 1. The maximum Gasteiger partial charge on any atom is 0.201 e. The van der Waals surface area contributed by atoms with Crippen LogP contribution in [-0.4, -0.2) is 36.2 Å². The van der Waals surface area contributed by atoms with Crippen LogP contribution in [-0.2, 0) is 0 Å². The van der Waals surface area contributed by atoms with Gasteiger partial charge in [0, 0.05) is 7.05 Å². The molecule has 2 heterocycles. The van der Waals surface area contributed by atoms with Crippen LogP contribution in [0.5, 0.6) is 0 Å². The van der Waals surface area contributed by atoms with Crippen molar-refractivity contribution in [1.82, 2.24) is 10.6 Å². The zero-order valence-corrected chi connectivity index (χ0v) is 7.22. The average Bonchev–Trinajstić information content (AvgIpc) is 2.52. The Morgan fingerprint density at radius 3 is 3.17 bits per heavy atom. The third-order valence-corrected chi connectivity index (χ3v) is 1.96. The van der Waals surface area contributed by atoms with Gasteiger partial charge in [-0.25, -0.2) is 4.99 Å². The smallest absolute Gasteiger partial charge is 0.201 e. The first kappa shape index (κ1) is 7.35. The van der Waals surface area contributed by atoms with Gasteiger partial charge < -0.3 is 10.6 Å². The molecule has 2 aliphatic heterocycles. The predicted octanol–water partition coefficient (Wildman–Crippen LogP) is -0.699. The van der Waals surface area contributed by atoms with Gasteiger partial charge in [-0.05, 0) is 0 Å². The molecule has 6 heteroatoms. The molecule has 2 aliphatic rings. The molecule has 1 atom stereocenters. The molecule has 1 saturated heterocycles. The number of rotatable bonds is 0. The molecular weight excluding hydrogens is 174 g/mol. The minimum Gasteiger partial charge on any atom is -0.318 e. The van der Waals surface area contributed by atoms with E-state index >= 15 is 0 Å². The molecular formula is C6H7N5S. The zero-order chi connectivity index (χ0) is 8.55.